The Balaban J connectivity index is 1.94. The molecule has 5 heteroatoms. The molecule has 1 aliphatic rings. The Labute approximate surface area is 87.5 Å². The van der Waals surface area contributed by atoms with Crippen molar-refractivity contribution in [2.24, 2.45) is 0 Å². The van der Waals surface area contributed by atoms with Gasteiger partial charge in [-0.2, -0.15) is 0 Å². The number of nitrogens with one attached hydrogen (secondary N) is 1. The summed E-state index contributed by atoms with van der Waals surface area (Å²) in [6.45, 7) is 1.02. The highest BCUT2D eigenvalue weighted by atomic mass is 16.4. The van der Waals surface area contributed by atoms with Crippen LogP contribution >= 0.6 is 0 Å². The maximum absolute atomic E-state index is 10.6. The smallest absolute Gasteiger partial charge is 0.357 e. The fourth-order valence-corrected chi connectivity index (χ4v) is 1.81. The highest BCUT2D eigenvalue weighted by Gasteiger charge is 2.17. The third kappa shape index (κ3) is 2.56. The van der Waals surface area contributed by atoms with Gasteiger partial charge >= 0.3 is 5.97 Å². The lowest BCUT2D eigenvalue weighted by Crippen LogP contribution is -2.35. The first-order valence-corrected chi connectivity index (χ1v) is 5.17. The Morgan fingerprint density at radius 1 is 1.67 bits per heavy atom. The van der Waals surface area contributed by atoms with E-state index in [4.69, 9.17) is 9.52 Å². The molecule has 5 nitrogen and oxygen atoms in total. The minimum atomic E-state index is -1.04. The average Bonchev–Trinajstić information content (AvgIpc) is 2.68. The molecule has 0 amide bonds. The van der Waals surface area contributed by atoms with Crippen molar-refractivity contribution < 1.29 is 14.3 Å². The van der Waals surface area contributed by atoms with Crippen molar-refractivity contribution in [1.29, 1.82) is 0 Å². The van der Waals surface area contributed by atoms with Crippen molar-refractivity contribution in [2.75, 3.05) is 6.54 Å². The van der Waals surface area contributed by atoms with E-state index in [0.717, 1.165) is 13.0 Å². The molecular formula is C10H14N2O3. The summed E-state index contributed by atoms with van der Waals surface area (Å²) in [5.74, 6) is -0.534. The number of carboxylic acids is 1. The number of carboxylic acid groups (broad SMARTS) is 1. The van der Waals surface area contributed by atoms with Crippen LogP contribution in [0.3, 0.4) is 0 Å². The summed E-state index contributed by atoms with van der Waals surface area (Å²) in [6.07, 6.45) is 5.39. The molecule has 0 aromatic carbocycles. The zero-order chi connectivity index (χ0) is 10.7. The molecule has 2 heterocycles. The van der Waals surface area contributed by atoms with Crippen molar-refractivity contribution in [3.63, 3.8) is 0 Å². The fourth-order valence-electron chi connectivity index (χ4n) is 1.81. The van der Waals surface area contributed by atoms with E-state index in [-0.39, 0.29) is 5.69 Å². The summed E-state index contributed by atoms with van der Waals surface area (Å²) in [5, 5.41) is 12.0. The summed E-state index contributed by atoms with van der Waals surface area (Å²) in [4.78, 5) is 14.5. The van der Waals surface area contributed by atoms with E-state index < -0.39 is 5.97 Å². The van der Waals surface area contributed by atoms with Crippen LogP contribution in [0.4, 0.5) is 0 Å². The predicted octanol–water partition coefficient (Wildman–Crippen LogP) is 1.06. The Hall–Kier alpha value is -1.36. The first kappa shape index (κ1) is 10.2. The maximum atomic E-state index is 10.6. The van der Waals surface area contributed by atoms with Crippen LogP contribution in [0.5, 0.6) is 0 Å². The van der Waals surface area contributed by atoms with Gasteiger partial charge in [0.25, 0.3) is 0 Å². The average molecular weight is 210 g/mol. The first-order chi connectivity index (χ1) is 7.25. The molecular weight excluding hydrogens is 196 g/mol. The van der Waals surface area contributed by atoms with Gasteiger partial charge in [0.1, 0.15) is 6.26 Å². The minimum Gasteiger partial charge on any atom is -0.476 e. The molecule has 1 aliphatic heterocycles. The van der Waals surface area contributed by atoms with Gasteiger partial charge in [0.15, 0.2) is 11.6 Å². The predicted molar refractivity (Wildman–Crippen MR) is 52.8 cm³/mol. The second-order valence-electron chi connectivity index (χ2n) is 3.78. The normalized spacial score (nSPS) is 21.5. The molecule has 1 aromatic rings. The van der Waals surface area contributed by atoms with Crippen LogP contribution < -0.4 is 5.32 Å². The highest BCUT2D eigenvalue weighted by Crippen LogP contribution is 2.12. The zero-order valence-electron chi connectivity index (χ0n) is 8.40. The monoisotopic (exact) mass is 210 g/mol. The minimum absolute atomic E-state index is 0.0131. The fraction of sp³-hybridized carbons (Fsp3) is 0.600. The van der Waals surface area contributed by atoms with Crippen molar-refractivity contribution in [3.05, 3.63) is 17.8 Å². The number of rotatable bonds is 3. The van der Waals surface area contributed by atoms with Gasteiger partial charge in [0.2, 0.25) is 0 Å². The van der Waals surface area contributed by atoms with Crippen molar-refractivity contribution in [3.8, 4) is 0 Å². The number of carbonyl (C=O) groups is 1. The van der Waals surface area contributed by atoms with Crippen molar-refractivity contribution in [1.82, 2.24) is 10.3 Å². The van der Waals surface area contributed by atoms with Crippen molar-refractivity contribution >= 4 is 5.97 Å². The summed E-state index contributed by atoms with van der Waals surface area (Å²) in [6, 6.07) is 0.374. The standard InChI is InChI=1S/C10H14N2O3/c13-10(14)8-6-15-9(12-8)5-7-3-1-2-4-11-7/h6-7,11H,1-5H2,(H,13,14). The van der Waals surface area contributed by atoms with Crippen LogP contribution in [0, 0.1) is 0 Å². The van der Waals surface area contributed by atoms with E-state index in [9.17, 15) is 4.79 Å². The Morgan fingerprint density at radius 3 is 3.13 bits per heavy atom. The molecule has 1 saturated heterocycles. The second-order valence-corrected chi connectivity index (χ2v) is 3.78. The third-order valence-corrected chi connectivity index (χ3v) is 2.60. The van der Waals surface area contributed by atoms with Gasteiger partial charge in [0, 0.05) is 12.5 Å². The van der Waals surface area contributed by atoms with Gasteiger partial charge < -0.3 is 14.8 Å². The molecule has 1 unspecified atom stereocenters. The Morgan fingerprint density at radius 2 is 2.53 bits per heavy atom. The Bertz CT molecular complexity index is 342. The maximum Gasteiger partial charge on any atom is 0.357 e. The van der Waals surface area contributed by atoms with E-state index in [1.165, 1.54) is 19.1 Å². The van der Waals surface area contributed by atoms with Gasteiger partial charge in [0.05, 0.1) is 0 Å². The molecule has 1 fully saturated rings. The molecule has 2 rings (SSSR count). The quantitative estimate of drug-likeness (QED) is 0.780. The molecule has 2 N–H and O–H groups in total. The third-order valence-electron chi connectivity index (χ3n) is 2.60. The first-order valence-electron chi connectivity index (χ1n) is 5.17. The molecule has 1 aromatic heterocycles. The molecule has 0 bridgehead atoms. The molecule has 0 spiro atoms. The van der Waals surface area contributed by atoms with Gasteiger partial charge in [-0.3, -0.25) is 0 Å². The highest BCUT2D eigenvalue weighted by molar-refractivity contribution is 5.84. The van der Waals surface area contributed by atoms with Gasteiger partial charge in [-0.15, -0.1) is 0 Å². The van der Waals surface area contributed by atoms with Crippen LogP contribution in [-0.4, -0.2) is 28.6 Å². The largest absolute Gasteiger partial charge is 0.476 e. The summed E-state index contributed by atoms with van der Waals surface area (Å²) in [5.41, 5.74) is -0.0131. The zero-order valence-corrected chi connectivity index (χ0v) is 8.40. The molecule has 82 valence electrons. The Kier molecular flexibility index (Phi) is 3.01. The molecule has 15 heavy (non-hydrogen) atoms. The number of nitrogens with zero attached hydrogens (tertiary/aromatic N) is 1. The lowest BCUT2D eigenvalue weighted by atomic mass is 10.0. The number of oxazole rings is 1. The topological polar surface area (TPSA) is 75.4 Å². The van der Waals surface area contributed by atoms with E-state index >= 15 is 0 Å². The van der Waals surface area contributed by atoms with Crippen LogP contribution in [0.25, 0.3) is 0 Å². The molecule has 0 radical (unpaired) electrons. The van der Waals surface area contributed by atoms with Crippen LogP contribution in [-0.2, 0) is 6.42 Å². The van der Waals surface area contributed by atoms with Crippen LogP contribution in [0.1, 0.15) is 35.6 Å². The van der Waals surface area contributed by atoms with E-state index in [1.54, 1.807) is 0 Å². The number of aromatic carboxylic acids is 1. The lowest BCUT2D eigenvalue weighted by molar-refractivity contribution is 0.0690. The van der Waals surface area contributed by atoms with E-state index in [2.05, 4.69) is 10.3 Å². The number of hydrogen-bond donors (Lipinski definition) is 2. The van der Waals surface area contributed by atoms with Crippen LogP contribution in [0.2, 0.25) is 0 Å². The SMILES string of the molecule is O=C(O)c1coc(CC2CCCCN2)n1. The summed E-state index contributed by atoms with van der Waals surface area (Å²) in [7, 11) is 0. The van der Waals surface area contributed by atoms with Crippen LogP contribution in [0.15, 0.2) is 10.7 Å². The van der Waals surface area contributed by atoms with E-state index in [0.29, 0.717) is 18.4 Å². The molecule has 1 atom stereocenters. The van der Waals surface area contributed by atoms with Gasteiger partial charge in [-0.25, -0.2) is 9.78 Å². The summed E-state index contributed by atoms with van der Waals surface area (Å²) < 4.78 is 5.10. The molecule has 0 saturated carbocycles. The molecule has 0 aliphatic carbocycles. The number of hydrogen-bond acceptors (Lipinski definition) is 4. The van der Waals surface area contributed by atoms with Gasteiger partial charge in [-0.1, -0.05) is 6.42 Å². The van der Waals surface area contributed by atoms with E-state index in [1.807, 2.05) is 0 Å². The van der Waals surface area contributed by atoms with Crippen molar-refractivity contribution in [2.45, 2.75) is 31.7 Å². The number of piperidine rings is 1. The van der Waals surface area contributed by atoms with Gasteiger partial charge in [-0.05, 0) is 19.4 Å². The second kappa shape index (κ2) is 4.44. The number of aromatic nitrogens is 1. The summed E-state index contributed by atoms with van der Waals surface area (Å²) >= 11 is 0. The lowest BCUT2D eigenvalue weighted by Gasteiger charge is -2.21.